The Kier molecular flexibility index (Phi) is 5.19. The lowest BCUT2D eigenvalue weighted by Crippen LogP contribution is -2.44. The van der Waals surface area contributed by atoms with Gasteiger partial charge < -0.3 is 19.7 Å². The largest absolute Gasteiger partial charge is 0.468 e. The molecule has 0 spiro atoms. The highest BCUT2D eigenvalue weighted by Gasteiger charge is 2.31. The summed E-state index contributed by atoms with van der Waals surface area (Å²) in [5.41, 5.74) is 0. The van der Waals surface area contributed by atoms with Crippen molar-refractivity contribution >= 4 is 5.97 Å². The standard InChI is InChI=1S/C14H26N2O3/c1-10-13(7-9-19-10)16(2)8-6-12(14(17)18-3)15-11-4-5-11/h10-13,15H,4-9H2,1-3H3. The molecule has 1 saturated heterocycles. The maximum atomic E-state index is 11.7. The molecule has 1 saturated carbocycles. The SMILES string of the molecule is COC(=O)C(CCN(C)C1CCOC1C)NC1CC1. The molecule has 110 valence electrons. The summed E-state index contributed by atoms with van der Waals surface area (Å²) in [7, 11) is 3.57. The fourth-order valence-electron chi connectivity index (χ4n) is 2.74. The van der Waals surface area contributed by atoms with Crippen LogP contribution in [0.15, 0.2) is 0 Å². The first kappa shape index (κ1) is 14.8. The van der Waals surface area contributed by atoms with Crippen LogP contribution in [-0.2, 0) is 14.3 Å². The number of methoxy groups -OCH3 is 1. The average Bonchev–Trinajstić information content (AvgIpc) is 3.12. The molecule has 1 aliphatic heterocycles. The van der Waals surface area contributed by atoms with Gasteiger partial charge >= 0.3 is 5.97 Å². The van der Waals surface area contributed by atoms with Gasteiger partial charge in [-0.2, -0.15) is 0 Å². The molecule has 0 bridgehead atoms. The zero-order valence-electron chi connectivity index (χ0n) is 12.2. The number of hydrogen-bond donors (Lipinski definition) is 1. The number of esters is 1. The highest BCUT2D eigenvalue weighted by atomic mass is 16.5. The van der Waals surface area contributed by atoms with Gasteiger partial charge in [0.15, 0.2) is 0 Å². The predicted molar refractivity (Wildman–Crippen MR) is 73.0 cm³/mol. The van der Waals surface area contributed by atoms with Crippen LogP contribution >= 0.6 is 0 Å². The molecule has 2 aliphatic rings. The molecule has 0 aromatic heterocycles. The molecule has 0 radical (unpaired) electrons. The summed E-state index contributed by atoms with van der Waals surface area (Å²) >= 11 is 0. The van der Waals surface area contributed by atoms with Crippen LogP contribution in [0.1, 0.15) is 32.6 Å². The second-order valence-electron chi connectivity index (χ2n) is 5.72. The Bertz CT molecular complexity index is 307. The van der Waals surface area contributed by atoms with Crippen LogP contribution in [0.3, 0.4) is 0 Å². The first-order chi connectivity index (χ1) is 9.11. The van der Waals surface area contributed by atoms with E-state index in [1.807, 2.05) is 0 Å². The Morgan fingerprint density at radius 1 is 1.47 bits per heavy atom. The van der Waals surface area contributed by atoms with E-state index in [0.29, 0.717) is 12.1 Å². The monoisotopic (exact) mass is 270 g/mol. The molecule has 0 aromatic rings. The Morgan fingerprint density at radius 3 is 2.74 bits per heavy atom. The van der Waals surface area contributed by atoms with Gasteiger partial charge in [0.25, 0.3) is 0 Å². The zero-order valence-corrected chi connectivity index (χ0v) is 12.2. The van der Waals surface area contributed by atoms with Crippen LogP contribution in [0, 0.1) is 0 Å². The third-order valence-electron chi connectivity index (χ3n) is 4.17. The number of carbonyl (C=O) groups is 1. The summed E-state index contributed by atoms with van der Waals surface area (Å²) in [6, 6.07) is 0.819. The second kappa shape index (κ2) is 6.68. The lowest BCUT2D eigenvalue weighted by Gasteiger charge is -2.28. The van der Waals surface area contributed by atoms with E-state index in [-0.39, 0.29) is 18.1 Å². The van der Waals surface area contributed by atoms with Crippen LogP contribution < -0.4 is 5.32 Å². The van der Waals surface area contributed by atoms with Crippen LogP contribution in [0.2, 0.25) is 0 Å². The average molecular weight is 270 g/mol. The van der Waals surface area contributed by atoms with Gasteiger partial charge in [-0.05, 0) is 39.7 Å². The van der Waals surface area contributed by atoms with Gasteiger partial charge in [0.05, 0.1) is 13.2 Å². The van der Waals surface area contributed by atoms with Crippen LogP contribution in [0.4, 0.5) is 0 Å². The normalized spacial score (nSPS) is 28.6. The van der Waals surface area contributed by atoms with Gasteiger partial charge in [-0.25, -0.2) is 0 Å². The minimum atomic E-state index is -0.169. The third kappa shape index (κ3) is 4.16. The molecule has 3 unspecified atom stereocenters. The minimum Gasteiger partial charge on any atom is -0.468 e. The molecule has 2 fully saturated rings. The van der Waals surface area contributed by atoms with Crippen molar-refractivity contribution < 1.29 is 14.3 Å². The summed E-state index contributed by atoms with van der Waals surface area (Å²) < 4.78 is 10.5. The van der Waals surface area contributed by atoms with Crippen molar-refractivity contribution in [1.82, 2.24) is 10.2 Å². The van der Waals surface area contributed by atoms with Gasteiger partial charge in [0.1, 0.15) is 6.04 Å². The van der Waals surface area contributed by atoms with Crippen molar-refractivity contribution in [1.29, 1.82) is 0 Å². The smallest absolute Gasteiger partial charge is 0.322 e. The van der Waals surface area contributed by atoms with Gasteiger partial charge in [-0.3, -0.25) is 4.79 Å². The number of rotatable bonds is 7. The minimum absolute atomic E-state index is 0.143. The summed E-state index contributed by atoms with van der Waals surface area (Å²) in [6.45, 7) is 3.85. The predicted octanol–water partition coefficient (Wildman–Crippen LogP) is 0.779. The quantitative estimate of drug-likeness (QED) is 0.693. The van der Waals surface area contributed by atoms with Gasteiger partial charge in [-0.1, -0.05) is 0 Å². The summed E-state index contributed by atoms with van der Waals surface area (Å²) in [4.78, 5) is 14.1. The fraction of sp³-hybridized carbons (Fsp3) is 0.929. The van der Waals surface area contributed by atoms with Crippen molar-refractivity contribution in [2.75, 3.05) is 27.3 Å². The van der Waals surface area contributed by atoms with E-state index in [1.165, 1.54) is 20.0 Å². The lowest BCUT2D eigenvalue weighted by molar-refractivity contribution is -0.143. The van der Waals surface area contributed by atoms with E-state index in [2.05, 4.69) is 24.2 Å². The number of ether oxygens (including phenoxy) is 2. The second-order valence-corrected chi connectivity index (χ2v) is 5.72. The highest BCUT2D eigenvalue weighted by Crippen LogP contribution is 2.21. The Hall–Kier alpha value is -0.650. The topological polar surface area (TPSA) is 50.8 Å². The fourth-order valence-corrected chi connectivity index (χ4v) is 2.74. The molecular formula is C14H26N2O3. The highest BCUT2D eigenvalue weighted by molar-refractivity contribution is 5.75. The van der Waals surface area contributed by atoms with Gasteiger partial charge in [-0.15, -0.1) is 0 Å². The summed E-state index contributed by atoms with van der Waals surface area (Å²) in [5, 5.41) is 3.37. The maximum Gasteiger partial charge on any atom is 0.322 e. The molecule has 0 amide bonds. The van der Waals surface area contributed by atoms with E-state index in [1.54, 1.807) is 0 Å². The number of nitrogens with one attached hydrogen (secondary N) is 1. The number of likely N-dealkylation sites (N-methyl/N-ethyl adjacent to an activating group) is 1. The van der Waals surface area contributed by atoms with Crippen molar-refractivity contribution in [2.24, 2.45) is 0 Å². The first-order valence-corrected chi connectivity index (χ1v) is 7.27. The summed E-state index contributed by atoms with van der Waals surface area (Å²) in [6.07, 6.45) is 4.52. The molecule has 1 aliphatic carbocycles. The van der Waals surface area contributed by atoms with Crippen molar-refractivity contribution in [3.8, 4) is 0 Å². The Balaban J connectivity index is 1.78. The van der Waals surface area contributed by atoms with E-state index < -0.39 is 0 Å². The summed E-state index contributed by atoms with van der Waals surface area (Å²) in [5.74, 6) is -0.143. The molecule has 0 aromatic carbocycles. The number of carbonyl (C=O) groups excluding carboxylic acids is 1. The van der Waals surface area contributed by atoms with Crippen LogP contribution in [-0.4, -0.2) is 62.4 Å². The molecule has 5 nitrogen and oxygen atoms in total. The van der Waals surface area contributed by atoms with Crippen LogP contribution in [0.25, 0.3) is 0 Å². The molecule has 2 rings (SSSR count). The van der Waals surface area contributed by atoms with Crippen molar-refractivity contribution in [3.63, 3.8) is 0 Å². The molecular weight excluding hydrogens is 244 g/mol. The van der Waals surface area contributed by atoms with E-state index in [9.17, 15) is 4.79 Å². The maximum absolute atomic E-state index is 11.7. The van der Waals surface area contributed by atoms with Crippen LogP contribution in [0.5, 0.6) is 0 Å². The van der Waals surface area contributed by atoms with Crippen molar-refractivity contribution in [3.05, 3.63) is 0 Å². The molecule has 19 heavy (non-hydrogen) atoms. The Labute approximate surface area is 115 Å². The van der Waals surface area contributed by atoms with E-state index in [0.717, 1.165) is 26.0 Å². The van der Waals surface area contributed by atoms with Gasteiger partial charge in [0.2, 0.25) is 0 Å². The van der Waals surface area contributed by atoms with E-state index in [4.69, 9.17) is 9.47 Å². The first-order valence-electron chi connectivity index (χ1n) is 7.27. The third-order valence-corrected chi connectivity index (χ3v) is 4.17. The zero-order chi connectivity index (χ0) is 13.8. The van der Waals surface area contributed by atoms with Gasteiger partial charge in [0, 0.05) is 25.2 Å². The Morgan fingerprint density at radius 2 is 2.21 bits per heavy atom. The molecule has 5 heteroatoms. The van der Waals surface area contributed by atoms with Crippen molar-refractivity contribution in [2.45, 2.75) is 56.8 Å². The number of nitrogens with zero attached hydrogens (tertiary/aromatic N) is 1. The molecule has 1 heterocycles. The molecule has 1 N–H and O–H groups in total. The van der Waals surface area contributed by atoms with E-state index >= 15 is 0 Å². The number of hydrogen-bond acceptors (Lipinski definition) is 5. The molecule has 3 atom stereocenters. The lowest BCUT2D eigenvalue weighted by atomic mass is 10.1.